The monoisotopic (exact) mass is 622 g/mol. The topological polar surface area (TPSA) is 112 Å². The summed E-state index contributed by atoms with van der Waals surface area (Å²) in [6.45, 7) is 0. The molecule has 8 nitrogen and oxygen atoms in total. The first-order valence-corrected chi connectivity index (χ1v) is 15.3. The Bertz CT molecular complexity index is 2490. The Morgan fingerprint density at radius 1 is 0.438 bits per heavy atom. The molecular weight excluding hydrogens is 600 g/mol. The summed E-state index contributed by atoms with van der Waals surface area (Å²) in [7, 11) is 0. The van der Waals surface area contributed by atoms with Gasteiger partial charge < -0.3 is 8.83 Å². The van der Waals surface area contributed by atoms with Crippen LogP contribution in [-0.4, -0.2) is 31.5 Å². The number of para-hydroxylation sites is 2. The number of furan rings is 2. The lowest BCUT2D eigenvalue weighted by Crippen LogP contribution is -2.06. The first-order valence-electron chi connectivity index (χ1n) is 15.3. The van der Waals surface area contributed by atoms with E-state index in [4.69, 9.17) is 8.83 Å². The summed E-state index contributed by atoms with van der Waals surface area (Å²) < 4.78 is 13.3. The van der Waals surface area contributed by atoms with Gasteiger partial charge in [0.1, 0.15) is 45.1 Å². The average Bonchev–Trinajstić information content (AvgIpc) is 3.73. The van der Waals surface area contributed by atoms with Crippen LogP contribution in [0.15, 0.2) is 143 Å². The van der Waals surface area contributed by atoms with Crippen LogP contribution in [0, 0.1) is 0 Å². The number of aromatic nitrogens is 4. The van der Waals surface area contributed by atoms with Gasteiger partial charge in [-0.15, -0.1) is 0 Å². The lowest BCUT2D eigenvalue weighted by molar-refractivity contribution is 0.102. The van der Waals surface area contributed by atoms with E-state index in [-0.39, 0.29) is 23.0 Å². The van der Waals surface area contributed by atoms with Crippen LogP contribution in [0.25, 0.3) is 66.1 Å². The average molecular weight is 623 g/mol. The highest BCUT2D eigenvalue weighted by molar-refractivity contribution is 6.30. The molecule has 0 aliphatic rings. The van der Waals surface area contributed by atoms with Crippen LogP contribution >= 0.6 is 0 Å². The minimum atomic E-state index is -0.261. The number of carbonyl (C=O) groups is 2. The molecule has 6 aromatic heterocycles. The van der Waals surface area contributed by atoms with Crippen molar-refractivity contribution in [3.63, 3.8) is 0 Å². The first-order chi connectivity index (χ1) is 23.7. The molecule has 0 bridgehead atoms. The molecule has 0 N–H and O–H groups in total. The fourth-order valence-corrected chi connectivity index (χ4v) is 6.33. The van der Waals surface area contributed by atoms with Gasteiger partial charge in [-0.2, -0.15) is 0 Å². The van der Waals surface area contributed by atoms with Crippen LogP contribution in [0.4, 0.5) is 0 Å². The van der Waals surface area contributed by atoms with E-state index in [9.17, 15) is 9.59 Å². The number of benzene rings is 3. The number of nitrogens with zero attached hydrogens (tertiary/aromatic N) is 4. The summed E-state index contributed by atoms with van der Waals surface area (Å²) in [4.78, 5) is 43.8. The van der Waals surface area contributed by atoms with Gasteiger partial charge in [-0.3, -0.25) is 29.5 Å². The highest BCUT2D eigenvalue weighted by Gasteiger charge is 2.27. The summed E-state index contributed by atoms with van der Waals surface area (Å²) in [6.07, 6.45) is 6.56. The minimum Gasteiger partial charge on any atom is -0.455 e. The molecule has 9 rings (SSSR count). The molecule has 0 saturated heterocycles. The van der Waals surface area contributed by atoms with Crippen molar-refractivity contribution in [1.82, 2.24) is 19.9 Å². The first kappa shape index (κ1) is 27.5. The van der Waals surface area contributed by atoms with E-state index >= 15 is 0 Å². The van der Waals surface area contributed by atoms with E-state index in [0.717, 1.165) is 43.8 Å². The van der Waals surface area contributed by atoms with Gasteiger partial charge >= 0.3 is 0 Å². The fraction of sp³-hybridized carbons (Fsp3) is 0. The van der Waals surface area contributed by atoms with E-state index < -0.39 is 0 Å². The Balaban J connectivity index is 1.30. The molecule has 8 heteroatoms. The highest BCUT2D eigenvalue weighted by Crippen LogP contribution is 2.50. The summed E-state index contributed by atoms with van der Waals surface area (Å²) in [5, 5.41) is 3.47. The number of carbonyl (C=O) groups excluding carboxylic acids is 2. The highest BCUT2D eigenvalue weighted by atomic mass is 16.3. The van der Waals surface area contributed by atoms with E-state index in [2.05, 4.69) is 19.9 Å². The second-order valence-electron chi connectivity index (χ2n) is 11.3. The molecule has 0 fully saturated rings. The maximum Gasteiger partial charge on any atom is 0.229 e. The predicted octanol–water partition coefficient (Wildman–Crippen LogP) is 8.86. The number of rotatable bonds is 6. The number of hydrogen-bond donors (Lipinski definition) is 0. The molecule has 6 heterocycles. The molecule has 0 atom stereocenters. The minimum absolute atomic E-state index is 0.261. The van der Waals surface area contributed by atoms with Crippen molar-refractivity contribution in [1.29, 1.82) is 0 Å². The van der Waals surface area contributed by atoms with Crippen molar-refractivity contribution in [2.45, 2.75) is 0 Å². The maximum atomic E-state index is 13.1. The fourth-order valence-electron chi connectivity index (χ4n) is 6.33. The van der Waals surface area contributed by atoms with Crippen molar-refractivity contribution in [2.24, 2.45) is 0 Å². The van der Waals surface area contributed by atoms with Gasteiger partial charge in [0.05, 0.1) is 0 Å². The Morgan fingerprint density at radius 3 is 1.25 bits per heavy atom. The van der Waals surface area contributed by atoms with Crippen LogP contribution in [-0.2, 0) is 0 Å². The smallest absolute Gasteiger partial charge is 0.229 e. The molecule has 9 aromatic rings. The van der Waals surface area contributed by atoms with Gasteiger partial charge in [-0.25, -0.2) is 0 Å². The Kier molecular flexibility index (Phi) is 6.26. The number of pyridine rings is 4. The van der Waals surface area contributed by atoms with Gasteiger partial charge in [-0.1, -0.05) is 60.7 Å². The summed E-state index contributed by atoms with van der Waals surface area (Å²) in [5.41, 5.74) is 7.03. The number of hydrogen-bond acceptors (Lipinski definition) is 8. The number of fused-ring (bicyclic) bond motifs is 6. The Hall–Kier alpha value is -6.80. The second kappa shape index (κ2) is 10.9. The van der Waals surface area contributed by atoms with Crippen molar-refractivity contribution in [3.05, 3.63) is 157 Å². The van der Waals surface area contributed by atoms with Crippen LogP contribution in [0.1, 0.15) is 32.4 Å². The van der Waals surface area contributed by atoms with Gasteiger partial charge in [0.2, 0.25) is 11.6 Å². The van der Waals surface area contributed by atoms with Crippen LogP contribution in [0.3, 0.4) is 0 Å². The van der Waals surface area contributed by atoms with Gasteiger partial charge in [0.25, 0.3) is 0 Å². The Morgan fingerprint density at radius 2 is 0.854 bits per heavy atom. The van der Waals surface area contributed by atoms with Crippen molar-refractivity contribution in [3.8, 4) is 22.3 Å². The van der Waals surface area contributed by atoms with Crippen molar-refractivity contribution < 1.29 is 18.4 Å². The van der Waals surface area contributed by atoms with Crippen molar-refractivity contribution in [2.75, 3.05) is 0 Å². The molecule has 0 amide bonds. The van der Waals surface area contributed by atoms with E-state index in [1.54, 1.807) is 73.3 Å². The zero-order chi connectivity index (χ0) is 32.2. The molecule has 48 heavy (non-hydrogen) atoms. The molecule has 0 spiro atoms. The SMILES string of the molecule is O=C(c1ccccn1)c1ccc(-c2c3oc4ccccc4c3c(-c3ccc(C(=O)c4ccccn4)nc3)c3oc4ccccc4c23)cn1. The van der Waals surface area contributed by atoms with E-state index in [0.29, 0.717) is 33.7 Å². The van der Waals surface area contributed by atoms with Gasteiger partial charge in [0.15, 0.2) is 0 Å². The second-order valence-corrected chi connectivity index (χ2v) is 11.3. The van der Waals surface area contributed by atoms with E-state index in [1.807, 2.05) is 60.7 Å². The standard InChI is InChI=1S/C40H22N4O4/c45-37(27-11-5-7-19-41-27)29-17-15-23(21-43-29)33-35-25-9-1-3-13-31(25)47-39(35)34(36-26-10-2-4-14-32(26)48-40(33)36)24-16-18-30(44-22-24)38(46)28-12-6-8-20-42-28/h1-22H. The quantitative estimate of drug-likeness (QED) is 0.169. The third kappa shape index (κ3) is 4.31. The largest absolute Gasteiger partial charge is 0.455 e. The molecule has 0 unspecified atom stereocenters. The maximum absolute atomic E-state index is 13.1. The lowest BCUT2D eigenvalue weighted by atomic mass is 9.91. The summed E-state index contributed by atoms with van der Waals surface area (Å²) in [5.74, 6) is -0.523. The third-order valence-electron chi connectivity index (χ3n) is 8.51. The normalized spacial score (nSPS) is 11.5. The summed E-state index contributed by atoms with van der Waals surface area (Å²) in [6, 6.07) is 33.3. The molecule has 0 radical (unpaired) electrons. The van der Waals surface area contributed by atoms with Crippen LogP contribution < -0.4 is 0 Å². The molecule has 0 aliphatic carbocycles. The summed E-state index contributed by atoms with van der Waals surface area (Å²) >= 11 is 0. The Labute approximate surface area is 272 Å². The van der Waals surface area contributed by atoms with Crippen molar-refractivity contribution >= 4 is 55.4 Å². The van der Waals surface area contributed by atoms with Crippen LogP contribution in [0.5, 0.6) is 0 Å². The van der Waals surface area contributed by atoms with Gasteiger partial charge in [-0.05, 0) is 48.5 Å². The predicted molar refractivity (Wildman–Crippen MR) is 183 cm³/mol. The third-order valence-corrected chi connectivity index (χ3v) is 8.51. The zero-order valence-electron chi connectivity index (χ0n) is 25.1. The van der Waals surface area contributed by atoms with E-state index in [1.165, 1.54) is 0 Å². The molecule has 3 aromatic carbocycles. The van der Waals surface area contributed by atoms with Crippen LogP contribution in [0.2, 0.25) is 0 Å². The molecule has 0 aliphatic heterocycles. The van der Waals surface area contributed by atoms with Gasteiger partial charge in [0, 0.05) is 68.6 Å². The number of ketones is 2. The molecular formula is C40H22N4O4. The zero-order valence-corrected chi connectivity index (χ0v) is 25.1. The molecule has 226 valence electrons. The molecule has 0 saturated carbocycles. The lowest BCUT2D eigenvalue weighted by Gasteiger charge is -2.11.